The highest BCUT2D eigenvalue weighted by Gasteiger charge is 2.10. The number of methoxy groups -OCH3 is 1. The molecule has 2 rings (SSSR count). The van der Waals surface area contributed by atoms with E-state index in [9.17, 15) is 9.59 Å². The third-order valence-electron chi connectivity index (χ3n) is 2.05. The van der Waals surface area contributed by atoms with E-state index in [0.717, 1.165) is 0 Å². The van der Waals surface area contributed by atoms with Crippen molar-refractivity contribution in [3.8, 4) is 0 Å². The molecule has 100 valence electrons. The van der Waals surface area contributed by atoms with Gasteiger partial charge in [-0.1, -0.05) is 0 Å². The number of carbonyl (C=O) groups is 2. The zero-order valence-electron chi connectivity index (χ0n) is 9.94. The number of thiazole rings is 1. The Morgan fingerprint density at radius 2 is 2.37 bits per heavy atom. The number of nitrogens with zero attached hydrogens (tertiary/aromatic N) is 5. The number of esters is 1. The standard InChI is InChI=1S/C9H10N6O3S/c1-18-8(17)2-6-4-19-9(11-6)12-7(16)3-15-5-10-13-14-15/h4-5H,2-3H2,1H3,(H,11,12,16). The van der Waals surface area contributed by atoms with Gasteiger partial charge in [-0.3, -0.25) is 9.59 Å². The van der Waals surface area contributed by atoms with Crippen LogP contribution in [0.1, 0.15) is 5.69 Å². The minimum atomic E-state index is -0.378. The Labute approximate surface area is 111 Å². The lowest BCUT2D eigenvalue weighted by Gasteiger charge is -2.00. The highest BCUT2D eigenvalue weighted by atomic mass is 32.1. The van der Waals surface area contributed by atoms with E-state index in [-0.39, 0.29) is 24.8 Å². The van der Waals surface area contributed by atoms with Gasteiger partial charge in [-0.15, -0.1) is 16.4 Å². The van der Waals surface area contributed by atoms with Gasteiger partial charge in [0.15, 0.2) is 5.13 Å². The molecule has 2 aromatic rings. The smallest absolute Gasteiger partial charge is 0.311 e. The second-order valence-corrected chi connectivity index (χ2v) is 4.31. The molecular weight excluding hydrogens is 272 g/mol. The Kier molecular flexibility index (Phi) is 4.13. The fourth-order valence-corrected chi connectivity index (χ4v) is 1.95. The van der Waals surface area contributed by atoms with Crippen molar-refractivity contribution in [2.75, 3.05) is 12.4 Å². The molecule has 2 aromatic heterocycles. The van der Waals surface area contributed by atoms with Gasteiger partial charge in [0.2, 0.25) is 5.91 Å². The lowest BCUT2D eigenvalue weighted by molar-refractivity contribution is -0.139. The predicted octanol–water partition coefficient (Wildman–Crippen LogP) is -0.516. The Hall–Kier alpha value is -2.36. The van der Waals surface area contributed by atoms with Crippen LogP contribution in [0.3, 0.4) is 0 Å². The summed E-state index contributed by atoms with van der Waals surface area (Å²) >= 11 is 1.23. The van der Waals surface area contributed by atoms with Crippen molar-refractivity contribution in [2.24, 2.45) is 0 Å². The summed E-state index contributed by atoms with van der Waals surface area (Å²) in [5.74, 6) is -0.678. The number of ether oxygens (including phenoxy) is 1. The molecular formula is C9H10N6O3S. The van der Waals surface area contributed by atoms with E-state index in [0.29, 0.717) is 10.8 Å². The van der Waals surface area contributed by atoms with Crippen molar-refractivity contribution in [1.82, 2.24) is 25.2 Å². The highest BCUT2D eigenvalue weighted by molar-refractivity contribution is 7.13. The lowest BCUT2D eigenvalue weighted by atomic mass is 10.3. The number of tetrazole rings is 1. The summed E-state index contributed by atoms with van der Waals surface area (Å²) in [6.07, 6.45) is 1.42. The molecule has 0 aromatic carbocycles. The molecule has 1 N–H and O–H groups in total. The van der Waals surface area contributed by atoms with Crippen molar-refractivity contribution in [2.45, 2.75) is 13.0 Å². The first-order chi connectivity index (χ1) is 9.17. The quantitative estimate of drug-likeness (QED) is 0.734. The van der Waals surface area contributed by atoms with E-state index >= 15 is 0 Å². The van der Waals surface area contributed by atoms with Gasteiger partial charge in [0, 0.05) is 5.38 Å². The van der Waals surface area contributed by atoms with Crippen molar-refractivity contribution >= 4 is 28.3 Å². The first-order valence-electron chi connectivity index (χ1n) is 5.19. The molecule has 1 amide bonds. The maximum absolute atomic E-state index is 11.6. The molecule has 19 heavy (non-hydrogen) atoms. The number of amides is 1. The minimum absolute atomic E-state index is 0.00108. The molecule has 0 aliphatic rings. The van der Waals surface area contributed by atoms with Crippen molar-refractivity contribution < 1.29 is 14.3 Å². The number of hydrogen-bond acceptors (Lipinski definition) is 8. The maximum Gasteiger partial charge on any atom is 0.311 e. The molecule has 2 heterocycles. The Morgan fingerprint density at radius 1 is 1.53 bits per heavy atom. The molecule has 0 radical (unpaired) electrons. The zero-order valence-corrected chi connectivity index (χ0v) is 10.8. The van der Waals surface area contributed by atoms with Crippen LogP contribution in [0.4, 0.5) is 5.13 Å². The molecule has 0 atom stereocenters. The number of anilines is 1. The Morgan fingerprint density at radius 3 is 3.05 bits per heavy atom. The van der Waals surface area contributed by atoms with Crippen LogP contribution in [0, 0.1) is 0 Å². The molecule has 0 bridgehead atoms. The molecule has 10 heteroatoms. The lowest BCUT2D eigenvalue weighted by Crippen LogP contribution is -2.19. The second-order valence-electron chi connectivity index (χ2n) is 3.45. The average Bonchev–Trinajstić information content (AvgIpc) is 3.01. The number of aromatic nitrogens is 5. The van der Waals surface area contributed by atoms with Crippen LogP contribution >= 0.6 is 11.3 Å². The largest absolute Gasteiger partial charge is 0.469 e. The summed E-state index contributed by atoms with van der Waals surface area (Å²) in [4.78, 5) is 26.8. The zero-order chi connectivity index (χ0) is 13.7. The Bertz CT molecular complexity index is 566. The summed E-state index contributed by atoms with van der Waals surface area (Å²) in [6.45, 7) is -0.00108. The summed E-state index contributed by atoms with van der Waals surface area (Å²) < 4.78 is 5.82. The average molecular weight is 282 g/mol. The van der Waals surface area contributed by atoms with Gasteiger partial charge in [-0.25, -0.2) is 9.67 Å². The summed E-state index contributed by atoms with van der Waals surface area (Å²) in [7, 11) is 1.31. The second kappa shape index (κ2) is 6.00. The number of carbonyl (C=O) groups excluding carboxylic acids is 2. The first-order valence-corrected chi connectivity index (χ1v) is 6.07. The predicted molar refractivity (Wildman–Crippen MR) is 64.3 cm³/mol. The van der Waals surface area contributed by atoms with Gasteiger partial charge in [0.1, 0.15) is 12.9 Å². The molecule has 0 saturated heterocycles. The van der Waals surface area contributed by atoms with E-state index in [4.69, 9.17) is 0 Å². The molecule has 9 nitrogen and oxygen atoms in total. The van der Waals surface area contributed by atoms with Gasteiger partial charge >= 0.3 is 5.97 Å². The molecule has 0 spiro atoms. The maximum atomic E-state index is 11.6. The minimum Gasteiger partial charge on any atom is -0.469 e. The van der Waals surface area contributed by atoms with Crippen LogP contribution < -0.4 is 5.32 Å². The van der Waals surface area contributed by atoms with Crippen LogP contribution in [0.25, 0.3) is 0 Å². The third-order valence-corrected chi connectivity index (χ3v) is 2.85. The van der Waals surface area contributed by atoms with E-state index in [1.165, 1.54) is 29.5 Å². The van der Waals surface area contributed by atoms with Crippen molar-refractivity contribution in [3.05, 3.63) is 17.4 Å². The molecule has 0 fully saturated rings. The van der Waals surface area contributed by atoms with Gasteiger partial charge in [0.25, 0.3) is 0 Å². The normalized spacial score (nSPS) is 10.2. The van der Waals surface area contributed by atoms with E-state index in [1.54, 1.807) is 5.38 Å². The number of nitrogens with one attached hydrogen (secondary N) is 1. The van der Waals surface area contributed by atoms with Crippen LogP contribution in [-0.4, -0.2) is 44.2 Å². The van der Waals surface area contributed by atoms with Crippen molar-refractivity contribution in [1.29, 1.82) is 0 Å². The summed E-state index contributed by atoms with van der Waals surface area (Å²) in [6, 6.07) is 0. The van der Waals surface area contributed by atoms with Gasteiger partial charge in [0.05, 0.1) is 19.2 Å². The monoisotopic (exact) mass is 282 g/mol. The van der Waals surface area contributed by atoms with Gasteiger partial charge < -0.3 is 10.1 Å². The number of rotatable bonds is 5. The van der Waals surface area contributed by atoms with Gasteiger partial charge in [-0.2, -0.15) is 0 Å². The fraction of sp³-hybridized carbons (Fsp3) is 0.333. The van der Waals surface area contributed by atoms with E-state index < -0.39 is 0 Å². The molecule has 0 saturated carbocycles. The molecule has 0 unspecified atom stereocenters. The third kappa shape index (κ3) is 3.81. The van der Waals surface area contributed by atoms with Crippen molar-refractivity contribution in [3.63, 3.8) is 0 Å². The first kappa shape index (κ1) is 13.1. The topological polar surface area (TPSA) is 112 Å². The van der Waals surface area contributed by atoms with E-state index in [1.807, 2.05) is 0 Å². The molecule has 0 aliphatic carbocycles. The van der Waals surface area contributed by atoms with Crippen LogP contribution in [0.2, 0.25) is 0 Å². The van der Waals surface area contributed by atoms with Gasteiger partial charge in [-0.05, 0) is 10.4 Å². The molecule has 0 aliphatic heterocycles. The van der Waals surface area contributed by atoms with E-state index in [2.05, 4.69) is 30.6 Å². The summed E-state index contributed by atoms with van der Waals surface area (Å²) in [5, 5.41) is 15.1. The summed E-state index contributed by atoms with van der Waals surface area (Å²) in [5.41, 5.74) is 0.551. The highest BCUT2D eigenvalue weighted by Crippen LogP contribution is 2.15. The fourth-order valence-electron chi connectivity index (χ4n) is 1.22. The van der Waals surface area contributed by atoms with Crippen LogP contribution in [0.5, 0.6) is 0 Å². The van der Waals surface area contributed by atoms with Crippen LogP contribution in [0.15, 0.2) is 11.7 Å². The number of hydrogen-bond donors (Lipinski definition) is 1. The SMILES string of the molecule is COC(=O)Cc1csc(NC(=O)Cn2cnnn2)n1. The Balaban J connectivity index is 1.89. The van der Waals surface area contributed by atoms with Crippen LogP contribution in [-0.2, 0) is 27.3 Å².